The van der Waals surface area contributed by atoms with Crippen molar-refractivity contribution in [1.29, 1.82) is 0 Å². The fraction of sp³-hybridized carbons (Fsp3) is 0.684. The maximum absolute atomic E-state index is 6.13. The Kier molecular flexibility index (Phi) is 5.74. The smallest absolute Gasteiger partial charge is 0.124 e. The van der Waals surface area contributed by atoms with E-state index in [0.29, 0.717) is 0 Å². The quantitative estimate of drug-likeness (QED) is 0.750. The third-order valence-corrected chi connectivity index (χ3v) is 5.08. The molecule has 0 aliphatic carbocycles. The molecule has 3 heteroatoms. The van der Waals surface area contributed by atoms with E-state index in [-0.39, 0.29) is 0 Å². The van der Waals surface area contributed by atoms with Gasteiger partial charge in [-0.05, 0) is 56.9 Å². The Hall–Kier alpha value is -1.06. The zero-order chi connectivity index (χ0) is 15.2. The summed E-state index contributed by atoms with van der Waals surface area (Å²) in [6, 6.07) is 6.57. The normalized spacial score (nSPS) is 19.9. The Bertz CT molecular complexity index is 469. The average molecular weight is 302 g/mol. The van der Waals surface area contributed by atoms with E-state index in [0.717, 1.165) is 38.3 Å². The second kappa shape index (κ2) is 7.98. The largest absolute Gasteiger partial charge is 0.493 e. The number of piperidine rings is 1. The first-order valence-electron chi connectivity index (χ1n) is 9.05. The van der Waals surface area contributed by atoms with Crippen molar-refractivity contribution in [2.45, 2.75) is 45.6 Å². The predicted octanol–water partition coefficient (Wildman–Crippen LogP) is 3.32. The first-order valence-corrected chi connectivity index (χ1v) is 9.05. The van der Waals surface area contributed by atoms with E-state index in [9.17, 15) is 0 Å². The highest BCUT2D eigenvalue weighted by Gasteiger charge is 2.18. The molecule has 2 heterocycles. The van der Waals surface area contributed by atoms with Gasteiger partial charge < -0.3 is 9.64 Å². The minimum absolute atomic E-state index is 0.846. The van der Waals surface area contributed by atoms with Crippen LogP contribution in [0.5, 0.6) is 5.75 Å². The van der Waals surface area contributed by atoms with Gasteiger partial charge in [0.2, 0.25) is 0 Å². The summed E-state index contributed by atoms with van der Waals surface area (Å²) in [5, 5.41) is 0. The molecule has 3 nitrogen and oxygen atoms in total. The zero-order valence-corrected chi connectivity index (χ0v) is 14.0. The third-order valence-electron chi connectivity index (χ3n) is 5.08. The van der Waals surface area contributed by atoms with Gasteiger partial charge in [0.05, 0.1) is 6.61 Å². The topological polar surface area (TPSA) is 15.7 Å². The molecule has 22 heavy (non-hydrogen) atoms. The van der Waals surface area contributed by atoms with E-state index in [1.165, 1.54) is 56.6 Å². The van der Waals surface area contributed by atoms with E-state index >= 15 is 0 Å². The number of hydrogen-bond donors (Lipinski definition) is 0. The van der Waals surface area contributed by atoms with Crippen LogP contribution in [0.25, 0.3) is 0 Å². The van der Waals surface area contributed by atoms with Crippen LogP contribution in [0.3, 0.4) is 0 Å². The SMILES string of the molecule is CCN1CCc2cccc(OCCCN3CCCCC3)c2C1. The predicted molar refractivity (Wildman–Crippen MR) is 91.5 cm³/mol. The minimum atomic E-state index is 0.846. The van der Waals surface area contributed by atoms with Gasteiger partial charge in [-0.1, -0.05) is 25.5 Å². The number of nitrogens with zero attached hydrogens (tertiary/aromatic N) is 2. The lowest BCUT2D eigenvalue weighted by atomic mass is 9.99. The molecule has 1 aromatic carbocycles. The summed E-state index contributed by atoms with van der Waals surface area (Å²) in [6.07, 6.45) is 6.46. The van der Waals surface area contributed by atoms with Gasteiger partial charge in [-0.3, -0.25) is 4.90 Å². The molecule has 0 unspecified atom stereocenters. The lowest BCUT2D eigenvalue weighted by Crippen LogP contribution is -2.31. The fourth-order valence-electron chi connectivity index (χ4n) is 3.66. The van der Waals surface area contributed by atoms with Crippen molar-refractivity contribution in [3.05, 3.63) is 29.3 Å². The van der Waals surface area contributed by atoms with Crippen LogP contribution in [0.4, 0.5) is 0 Å². The van der Waals surface area contributed by atoms with Gasteiger partial charge in [-0.25, -0.2) is 0 Å². The number of benzene rings is 1. The lowest BCUT2D eigenvalue weighted by molar-refractivity contribution is 0.202. The van der Waals surface area contributed by atoms with Gasteiger partial charge in [0.1, 0.15) is 5.75 Å². The Morgan fingerprint density at radius 1 is 1.05 bits per heavy atom. The molecule has 122 valence electrons. The van der Waals surface area contributed by atoms with E-state index in [1.807, 2.05) is 0 Å². The molecule has 0 saturated carbocycles. The molecule has 0 N–H and O–H groups in total. The number of likely N-dealkylation sites (tertiary alicyclic amines) is 1. The fourth-order valence-corrected chi connectivity index (χ4v) is 3.66. The summed E-state index contributed by atoms with van der Waals surface area (Å²) < 4.78 is 6.13. The molecule has 1 saturated heterocycles. The standard InChI is InChI=1S/C19H30N2O/c1-2-20-14-10-17-8-6-9-19(18(17)16-20)22-15-7-13-21-11-4-3-5-12-21/h6,8-9H,2-5,7,10-16H2,1H3. The Morgan fingerprint density at radius 3 is 2.73 bits per heavy atom. The zero-order valence-electron chi connectivity index (χ0n) is 14.0. The van der Waals surface area contributed by atoms with Crippen LogP contribution in [-0.2, 0) is 13.0 Å². The molecule has 0 bridgehead atoms. The summed E-state index contributed by atoms with van der Waals surface area (Å²) >= 11 is 0. The van der Waals surface area contributed by atoms with Crippen molar-refractivity contribution < 1.29 is 4.74 Å². The van der Waals surface area contributed by atoms with Crippen molar-refractivity contribution in [2.75, 3.05) is 39.3 Å². The van der Waals surface area contributed by atoms with Crippen molar-refractivity contribution in [1.82, 2.24) is 9.80 Å². The number of fused-ring (bicyclic) bond motifs is 1. The lowest BCUT2D eigenvalue weighted by Gasteiger charge is -2.29. The number of ether oxygens (including phenoxy) is 1. The molecule has 0 radical (unpaired) electrons. The Morgan fingerprint density at radius 2 is 1.91 bits per heavy atom. The minimum Gasteiger partial charge on any atom is -0.493 e. The van der Waals surface area contributed by atoms with Gasteiger partial charge in [0, 0.05) is 25.2 Å². The average Bonchev–Trinajstić information content (AvgIpc) is 2.59. The Balaban J connectivity index is 1.50. The highest BCUT2D eigenvalue weighted by Crippen LogP contribution is 2.28. The second-order valence-electron chi connectivity index (χ2n) is 6.62. The highest BCUT2D eigenvalue weighted by molar-refractivity contribution is 5.41. The summed E-state index contributed by atoms with van der Waals surface area (Å²) in [4.78, 5) is 5.09. The first kappa shape index (κ1) is 15.8. The molecule has 1 fully saturated rings. The van der Waals surface area contributed by atoms with E-state index in [4.69, 9.17) is 4.74 Å². The molecular formula is C19H30N2O. The van der Waals surface area contributed by atoms with Crippen molar-refractivity contribution in [3.63, 3.8) is 0 Å². The summed E-state index contributed by atoms with van der Waals surface area (Å²) in [6.45, 7) is 10.2. The van der Waals surface area contributed by atoms with Gasteiger partial charge in [-0.2, -0.15) is 0 Å². The summed E-state index contributed by atoms with van der Waals surface area (Å²) in [7, 11) is 0. The van der Waals surface area contributed by atoms with Crippen LogP contribution in [0.15, 0.2) is 18.2 Å². The summed E-state index contributed by atoms with van der Waals surface area (Å²) in [5.41, 5.74) is 2.91. The first-order chi connectivity index (χ1) is 10.9. The molecule has 0 spiro atoms. The van der Waals surface area contributed by atoms with Crippen LogP contribution in [0.2, 0.25) is 0 Å². The monoisotopic (exact) mass is 302 g/mol. The second-order valence-corrected chi connectivity index (χ2v) is 6.62. The van der Waals surface area contributed by atoms with E-state index in [1.54, 1.807) is 0 Å². The maximum Gasteiger partial charge on any atom is 0.124 e. The van der Waals surface area contributed by atoms with Crippen LogP contribution >= 0.6 is 0 Å². The van der Waals surface area contributed by atoms with Gasteiger partial charge >= 0.3 is 0 Å². The molecule has 0 amide bonds. The highest BCUT2D eigenvalue weighted by atomic mass is 16.5. The van der Waals surface area contributed by atoms with E-state index in [2.05, 4.69) is 34.9 Å². The number of likely N-dealkylation sites (N-methyl/N-ethyl adjacent to an activating group) is 1. The molecule has 0 atom stereocenters. The number of rotatable bonds is 6. The van der Waals surface area contributed by atoms with Crippen LogP contribution in [0.1, 0.15) is 43.7 Å². The van der Waals surface area contributed by atoms with E-state index < -0.39 is 0 Å². The molecule has 0 aromatic heterocycles. The van der Waals surface area contributed by atoms with Crippen molar-refractivity contribution in [3.8, 4) is 5.75 Å². The molecule has 1 aromatic rings. The van der Waals surface area contributed by atoms with Crippen molar-refractivity contribution >= 4 is 0 Å². The molecule has 2 aliphatic rings. The summed E-state index contributed by atoms with van der Waals surface area (Å²) in [5.74, 6) is 1.12. The third kappa shape index (κ3) is 4.02. The van der Waals surface area contributed by atoms with Crippen molar-refractivity contribution in [2.24, 2.45) is 0 Å². The maximum atomic E-state index is 6.13. The van der Waals surface area contributed by atoms with Gasteiger partial charge in [0.15, 0.2) is 0 Å². The van der Waals surface area contributed by atoms with Gasteiger partial charge in [0.25, 0.3) is 0 Å². The van der Waals surface area contributed by atoms with Crippen LogP contribution in [0, 0.1) is 0 Å². The number of hydrogen-bond acceptors (Lipinski definition) is 3. The molecule has 2 aliphatic heterocycles. The van der Waals surface area contributed by atoms with Crippen LogP contribution < -0.4 is 4.74 Å². The van der Waals surface area contributed by atoms with Gasteiger partial charge in [-0.15, -0.1) is 0 Å². The Labute approximate surface area is 135 Å². The molecular weight excluding hydrogens is 272 g/mol. The van der Waals surface area contributed by atoms with Crippen LogP contribution in [-0.4, -0.2) is 49.1 Å². The molecule has 3 rings (SSSR count).